The van der Waals surface area contributed by atoms with Gasteiger partial charge in [0, 0.05) is 12.1 Å². The van der Waals surface area contributed by atoms with Gasteiger partial charge in [-0.15, -0.1) is 0 Å². The smallest absolute Gasteiger partial charge is 0.290 e. The number of furan rings is 1. The van der Waals surface area contributed by atoms with Gasteiger partial charge in [-0.2, -0.15) is 5.10 Å². The highest BCUT2D eigenvalue weighted by atomic mass is 16.3. The average molecular weight is 471 g/mol. The molecule has 0 aliphatic rings. The number of aromatic nitrogens is 2. The van der Waals surface area contributed by atoms with Crippen LogP contribution in [0.1, 0.15) is 35.7 Å². The van der Waals surface area contributed by atoms with Crippen molar-refractivity contribution in [1.29, 1.82) is 0 Å². The van der Waals surface area contributed by atoms with Crippen LogP contribution in [0.5, 0.6) is 0 Å². The summed E-state index contributed by atoms with van der Waals surface area (Å²) in [6.07, 6.45) is 1.45. The molecule has 4 aromatic rings. The van der Waals surface area contributed by atoms with E-state index in [1.54, 1.807) is 16.8 Å². The van der Waals surface area contributed by atoms with Crippen molar-refractivity contribution in [2.45, 2.75) is 27.7 Å². The molecule has 7 heteroatoms. The Labute approximate surface area is 205 Å². The maximum absolute atomic E-state index is 13.3. The summed E-state index contributed by atoms with van der Waals surface area (Å²) >= 11 is 0. The largest absolute Gasteiger partial charge is 0.459 e. The van der Waals surface area contributed by atoms with Gasteiger partial charge in [-0.3, -0.25) is 9.59 Å². The summed E-state index contributed by atoms with van der Waals surface area (Å²) in [5.41, 5.74) is 4.54. The Kier molecular flexibility index (Phi) is 7.15. The number of anilines is 1. The molecule has 0 radical (unpaired) electrons. The van der Waals surface area contributed by atoms with Crippen molar-refractivity contribution in [3.63, 3.8) is 0 Å². The Morgan fingerprint density at radius 1 is 1.00 bits per heavy atom. The highest BCUT2D eigenvalue weighted by molar-refractivity contribution is 6.00. The molecular weight excluding hydrogens is 440 g/mol. The minimum Gasteiger partial charge on any atom is -0.459 e. The fraction of sp³-hybridized carbons (Fsp3) is 0.250. The molecule has 35 heavy (non-hydrogen) atoms. The highest BCUT2D eigenvalue weighted by Gasteiger charge is 2.25. The quantitative estimate of drug-likeness (QED) is 0.369. The summed E-state index contributed by atoms with van der Waals surface area (Å²) in [5.74, 6) is 0.338. The molecule has 0 saturated heterocycles. The van der Waals surface area contributed by atoms with Gasteiger partial charge < -0.3 is 14.6 Å². The van der Waals surface area contributed by atoms with E-state index in [0.717, 1.165) is 28.1 Å². The molecule has 0 aliphatic carbocycles. The van der Waals surface area contributed by atoms with Gasteiger partial charge in [0.1, 0.15) is 12.4 Å². The van der Waals surface area contributed by atoms with Crippen LogP contribution in [0, 0.1) is 19.8 Å². The fourth-order valence-corrected chi connectivity index (χ4v) is 4.03. The van der Waals surface area contributed by atoms with E-state index in [4.69, 9.17) is 9.52 Å². The molecular formula is C28H30N4O3. The van der Waals surface area contributed by atoms with Crippen molar-refractivity contribution in [2.24, 2.45) is 5.92 Å². The van der Waals surface area contributed by atoms with Gasteiger partial charge in [-0.1, -0.05) is 61.9 Å². The number of hydrogen-bond acceptors (Lipinski definition) is 4. The number of nitrogens with zero attached hydrogens (tertiary/aromatic N) is 3. The van der Waals surface area contributed by atoms with Crippen LogP contribution in [0.25, 0.3) is 16.8 Å². The van der Waals surface area contributed by atoms with E-state index in [9.17, 15) is 9.59 Å². The summed E-state index contributed by atoms with van der Waals surface area (Å²) in [7, 11) is 0. The molecule has 0 saturated carbocycles. The molecule has 1 N–H and O–H groups in total. The topological polar surface area (TPSA) is 80.4 Å². The number of carbonyl (C=O) groups excluding carboxylic acids is 2. The molecule has 4 rings (SSSR count). The monoisotopic (exact) mass is 470 g/mol. The van der Waals surface area contributed by atoms with Crippen LogP contribution in [0.15, 0.2) is 77.4 Å². The number of aryl methyl sites for hydroxylation is 2. The number of amides is 2. The molecule has 2 heterocycles. The Morgan fingerprint density at radius 3 is 2.34 bits per heavy atom. The molecule has 0 aliphatic heterocycles. The minimum atomic E-state index is -0.314. The Hall–Kier alpha value is -4.13. The number of carbonyl (C=O) groups is 2. The van der Waals surface area contributed by atoms with Gasteiger partial charge in [-0.25, -0.2) is 4.68 Å². The van der Waals surface area contributed by atoms with Crippen LogP contribution in [0.4, 0.5) is 5.82 Å². The van der Waals surface area contributed by atoms with E-state index in [-0.39, 0.29) is 30.0 Å². The van der Waals surface area contributed by atoms with Crippen molar-refractivity contribution in [1.82, 2.24) is 14.7 Å². The Balaban J connectivity index is 1.69. The molecule has 0 unspecified atom stereocenters. The van der Waals surface area contributed by atoms with Crippen molar-refractivity contribution in [2.75, 3.05) is 18.4 Å². The van der Waals surface area contributed by atoms with E-state index >= 15 is 0 Å². The van der Waals surface area contributed by atoms with E-state index in [2.05, 4.69) is 5.32 Å². The number of hydrogen-bond donors (Lipinski definition) is 1. The molecule has 0 fully saturated rings. The van der Waals surface area contributed by atoms with Gasteiger partial charge in [0.15, 0.2) is 5.76 Å². The lowest BCUT2D eigenvalue weighted by Crippen LogP contribution is -2.40. The molecule has 180 valence electrons. The van der Waals surface area contributed by atoms with Gasteiger partial charge in [-0.05, 0) is 49.6 Å². The highest BCUT2D eigenvalue weighted by Crippen LogP contribution is 2.33. The van der Waals surface area contributed by atoms with E-state index < -0.39 is 0 Å². The first-order valence-corrected chi connectivity index (χ1v) is 11.7. The second kappa shape index (κ2) is 10.4. The number of benzene rings is 2. The van der Waals surface area contributed by atoms with Crippen LogP contribution in [-0.4, -0.2) is 39.6 Å². The first kappa shape index (κ1) is 24.0. The summed E-state index contributed by atoms with van der Waals surface area (Å²) in [6, 6.07) is 21.1. The second-order valence-electron chi connectivity index (χ2n) is 9.03. The Bertz CT molecular complexity index is 1290. The predicted octanol–water partition coefficient (Wildman–Crippen LogP) is 5.49. The summed E-state index contributed by atoms with van der Waals surface area (Å²) in [6.45, 7) is 8.27. The maximum atomic E-state index is 13.3. The molecule has 7 nitrogen and oxygen atoms in total. The zero-order valence-electron chi connectivity index (χ0n) is 20.5. The summed E-state index contributed by atoms with van der Waals surface area (Å²) in [4.78, 5) is 27.8. The first-order valence-electron chi connectivity index (χ1n) is 11.7. The Morgan fingerprint density at radius 2 is 1.71 bits per heavy atom. The third kappa shape index (κ3) is 5.51. The lowest BCUT2D eigenvalue weighted by atomic mass is 10.1. The van der Waals surface area contributed by atoms with Crippen molar-refractivity contribution in [3.8, 4) is 16.8 Å². The minimum absolute atomic E-state index is 0.107. The fourth-order valence-electron chi connectivity index (χ4n) is 4.03. The molecule has 0 bridgehead atoms. The van der Waals surface area contributed by atoms with Crippen LogP contribution < -0.4 is 5.32 Å². The molecule has 2 aromatic heterocycles. The molecule has 2 aromatic carbocycles. The summed E-state index contributed by atoms with van der Waals surface area (Å²) < 4.78 is 7.03. The van der Waals surface area contributed by atoms with Gasteiger partial charge in [0.2, 0.25) is 5.91 Å². The van der Waals surface area contributed by atoms with Crippen molar-refractivity contribution >= 4 is 17.6 Å². The third-order valence-electron chi connectivity index (χ3n) is 5.60. The number of rotatable bonds is 8. The van der Waals surface area contributed by atoms with Gasteiger partial charge >= 0.3 is 0 Å². The first-order chi connectivity index (χ1) is 16.8. The lowest BCUT2D eigenvalue weighted by Gasteiger charge is -2.23. The zero-order chi connectivity index (χ0) is 24.9. The average Bonchev–Trinajstić information content (AvgIpc) is 3.47. The predicted molar refractivity (Wildman–Crippen MR) is 137 cm³/mol. The van der Waals surface area contributed by atoms with Crippen LogP contribution in [0.2, 0.25) is 0 Å². The van der Waals surface area contributed by atoms with Crippen molar-refractivity contribution < 1.29 is 14.0 Å². The van der Waals surface area contributed by atoms with Crippen LogP contribution in [-0.2, 0) is 4.79 Å². The molecule has 2 amide bonds. The van der Waals surface area contributed by atoms with Gasteiger partial charge in [0.05, 0.1) is 17.6 Å². The van der Waals surface area contributed by atoms with Gasteiger partial charge in [0.25, 0.3) is 5.91 Å². The second-order valence-corrected chi connectivity index (χ2v) is 9.03. The third-order valence-corrected chi connectivity index (χ3v) is 5.60. The van der Waals surface area contributed by atoms with E-state index in [1.165, 1.54) is 11.2 Å². The standard InChI is InChI=1S/C28H30N4O3/c1-19(2)17-31(28(34)24-11-8-16-35-24)18-25(33)29-27-26(22-9-6-5-7-10-22)21(4)30-32(27)23-14-12-20(3)13-15-23/h5-16,19H,17-18H2,1-4H3,(H,29,33). The number of nitrogens with one attached hydrogen (secondary N) is 1. The van der Waals surface area contributed by atoms with Crippen LogP contribution >= 0.6 is 0 Å². The molecule has 0 atom stereocenters. The normalized spacial score (nSPS) is 11.0. The van der Waals surface area contributed by atoms with E-state index in [0.29, 0.717) is 12.4 Å². The maximum Gasteiger partial charge on any atom is 0.290 e. The SMILES string of the molecule is Cc1ccc(-n2nc(C)c(-c3ccccc3)c2NC(=O)CN(CC(C)C)C(=O)c2ccco2)cc1. The zero-order valence-corrected chi connectivity index (χ0v) is 20.5. The van der Waals surface area contributed by atoms with Crippen LogP contribution in [0.3, 0.4) is 0 Å². The molecule has 0 spiro atoms. The van der Waals surface area contributed by atoms with E-state index in [1.807, 2.05) is 82.3 Å². The summed E-state index contributed by atoms with van der Waals surface area (Å²) in [5, 5.41) is 7.80. The van der Waals surface area contributed by atoms with Crippen molar-refractivity contribution in [3.05, 3.63) is 90.0 Å². The lowest BCUT2D eigenvalue weighted by molar-refractivity contribution is -0.117.